The fraction of sp³-hybridized carbons (Fsp3) is 0.128. The number of H-pyrrole nitrogens is 1. The van der Waals surface area contributed by atoms with E-state index < -0.39 is 34.4 Å². The Balaban J connectivity index is 1.10. The highest BCUT2D eigenvalue weighted by molar-refractivity contribution is 6.34. The number of amides is 2. The van der Waals surface area contributed by atoms with Crippen LogP contribution in [-0.4, -0.2) is 33.3 Å². The van der Waals surface area contributed by atoms with Crippen molar-refractivity contribution >= 4 is 45.5 Å². The molecule has 8 rings (SSSR count). The summed E-state index contributed by atoms with van der Waals surface area (Å²) in [6.07, 6.45) is 7.14. The van der Waals surface area contributed by atoms with Crippen LogP contribution < -0.4 is 10.5 Å². The Morgan fingerprint density at radius 1 is 0.745 bits per heavy atom. The number of nitrogens with one attached hydrogen (secondary N) is 1. The van der Waals surface area contributed by atoms with E-state index in [9.17, 15) is 24.0 Å². The average molecular weight is 618 g/mol. The van der Waals surface area contributed by atoms with Crippen molar-refractivity contribution in [2.45, 2.75) is 31.6 Å². The second-order valence-electron chi connectivity index (χ2n) is 12.6. The molecular formula is C39H27N3O5. The fourth-order valence-corrected chi connectivity index (χ4v) is 6.78. The van der Waals surface area contributed by atoms with Gasteiger partial charge in [-0.1, -0.05) is 74.5 Å². The molecule has 4 aromatic carbocycles. The average Bonchev–Trinajstić information content (AvgIpc) is 3.77. The minimum atomic E-state index is -1.24. The molecule has 0 bridgehead atoms. The third-order valence-electron chi connectivity index (χ3n) is 9.54. The number of anilines is 1. The molecule has 1 unspecified atom stereocenters. The number of aromatic nitrogens is 2. The van der Waals surface area contributed by atoms with Gasteiger partial charge in [-0.3, -0.25) is 24.0 Å². The number of allylic oxidation sites excluding steroid dienone is 4. The number of ketones is 2. The molecule has 47 heavy (non-hydrogen) atoms. The second kappa shape index (κ2) is 10.3. The standard InChI is InChI=1S/C39H27N3O5/c1-39(2,23-13-17-26-29(19-23)34(44)32(33(26)43)35-40-31-10-6-5-9-28(31)36(45)41-35)24-14-18-27-30(20-24)38(47)42(37(27)46)25-15-11-22(12-16-25)21-7-3-4-8-21/h3,5-20,32H,4H2,1-2H3,(H,40,41,45). The summed E-state index contributed by atoms with van der Waals surface area (Å²) in [5.74, 6) is -2.85. The predicted octanol–water partition coefficient (Wildman–Crippen LogP) is 6.56. The Morgan fingerprint density at radius 3 is 2.13 bits per heavy atom. The molecule has 8 nitrogen and oxygen atoms in total. The smallest absolute Gasteiger partial charge is 0.266 e. The third kappa shape index (κ3) is 4.29. The summed E-state index contributed by atoms with van der Waals surface area (Å²) in [6, 6.07) is 24.5. The Bertz CT molecular complexity index is 2360. The molecule has 2 amide bonds. The van der Waals surface area contributed by atoms with Gasteiger partial charge < -0.3 is 4.98 Å². The first-order chi connectivity index (χ1) is 22.6. The summed E-state index contributed by atoms with van der Waals surface area (Å²) >= 11 is 0. The van der Waals surface area contributed by atoms with Crippen molar-refractivity contribution in [2.75, 3.05) is 4.90 Å². The molecular weight excluding hydrogens is 590 g/mol. The molecule has 228 valence electrons. The van der Waals surface area contributed by atoms with Crippen LogP contribution in [0.2, 0.25) is 0 Å². The van der Waals surface area contributed by atoms with E-state index in [-0.39, 0.29) is 22.9 Å². The van der Waals surface area contributed by atoms with Crippen molar-refractivity contribution in [3.05, 3.63) is 158 Å². The van der Waals surface area contributed by atoms with Gasteiger partial charge in [0.25, 0.3) is 17.4 Å². The highest BCUT2D eigenvalue weighted by Gasteiger charge is 2.43. The van der Waals surface area contributed by atoms with Crippen molar-refractivity contribution in [1.29, 1.82) is 0 Å². The Labute approximate surface area is 269 Å². The van der Waals surface area contributed by atoms with Crippen molar-refractivity contribution in [3.8, 4) is 0 Å². The molecule has 1 N–H and O–H groups in total. The zero-order valence-corrected chi connectivity index (χ0v) is 25.5. The van der Waals surface area contributed by atoms with E-state index in [4.69, 9.17) is 0 Å². The van der Waals surface area contributed by atoms with Crippen LogP contribution in [0, 0.1) is 0 Å². The van der Waals surface area contributed by atoms with Crippen molar-refractivity contribution in [1.82, 2.24) is 9.97 Å². The lowest BCUT2D eigenvalue weighted by molar-refractivity contribution is 0.0880. The number of carbonyl (C=O) groups is 4. The van der Waals surface area contributed by atoms with E-state index >= 15 is 0 Å². The lowest BCUT2D eigenvalue weighted by atomic mass is 9.76. The van der Waals surface area contributed by atoms with Crippen LogP contribution in [0.25, 0.3) is 16.5 Å². The molecule has 3 aliphatic rings. The molecule has 2 heterocycles. The summed E-state index contributed by atoms with van der Waals surface area (Å²) in [7, 11) is 0. The molecule has 0 spiro atoms. The van der Waals surface area contributed by atoms with Gasteiger partial charge in [-0.25, -0.2) is 9.88 Å². The van der Waals surface area contributed by atoms with Gasteiger partial charge in [0.1, 0.15) is 11.7 Å². The van der Waals surface area contributed by atoms with E-state index in [1.807, 2.05) is 32.0 Å². The van der Waals surface area contributed by atoms with Gasteiger partial charge in [0.05, 0.1) is 27.7 Å². The minimum Gasteiger partial charge on any atom is -0.309 e. The van der Waals surface area contributed by atoms with Crippen LogP contribution in [-0.2, 0) is 5.41 Å². The number of hydrogen-bond donors (Lipinski definition) is 1. The first-order valence-corrected chi connectivity index (χ1v) is 15.4. The molecule has 1 aromatic heterocycles. The highest BCUT2D eigenvalue weighted by Crippen LogP contribution is 2.40. The Kier molecular flexibility index (Phi) is 6.21. The molecule has 1 atom stereocenters. The largest absolute Gasteiger partial charge is 0.309 e. The number of imide groups is 1. The van der Waals surface area contributed by atoms with E-state index in [1.54, 1.807) is 66.7 Å². The minimum absolute atomic E-state index is 0.0224. The lowest BCUT2D eigenvalue weighted by Crippen LogP contribution is -2.29. The number of nitrogens with zero attached hydrogens (tertiary/aromatic N) is 2. The summed E-state index contributed by atoms with van der Waals surface area (Å²) in [5, 5.41) is 0.376. The summed E-state index contributed by atoms with van der Waals surface area (Å²) < 4.78 is 0. The van der Waals surface area contributed by atoms with Crippen LogP contribution in [0.15, 0.2) is 108 Å². The van der Waals surface area contributed by atoms with Crippen LogP contribution in [0.3, 0.4) is 0 Å². The number of hydrogen-bond acceptors (Lipinski definition) is 6. The topological polar surface area (TPSA) is 117 Å². The van der Waals surface area contributed by atoms with Gasteiger partial charge in [-0.2, -0.15) is 0 Å². The van der Waals surface area contributed by atoms with Gasteiger partial charge in [0, 0.05) is 16.5 Å². The summed E-state index contributed by atoms with van der Waals surface area (Å²) in [5.41, 5.74) is 4.60. The van der Waals surface area contributed by atoms with Gasteiger partial charge in [-0.15, -0.1) is 0 Å². The summed E-state index contributed by atoms with van der Waals surface area (Å²) in [4.78, 5) is 75.2. The molecule has 1 aliphatic heterocycles. The number of aromatic amines is 1. The number of benzene rings is 4. The first-order valence-electron chi connectivity index (χ1n) is 15.4. The Hall–Kier alpha value is -6.02. The first kappa shape index (κ1) is 28.5. The number of fused-ring (bicyclic) bond motifs is 3. The monoisotopic (exact) mass is 617 g/mol. The zero-order valence-electron chi connectivity index (χ0n) is 25.5. The van der Waals surface area contributed by atoms with Crippen molar-refractivity contribution < 1.29 is 19.2 Å². The molecule has 0 radical (unpaired) electrons. The molecule has 5 aromatic rings. The highest BCUT2D eigenvalue weighted by atomic mass is 16.2. The molecule has 0 saturated carbocycles. The SMILES string of the molecule is CC(C)(c1ccc2c(c1)C(=O)C(c1nc3ccccc3c(=O)[nH]1)C2=O)c1ccc2c(c1)C(=O)N(c1ccc(C3=CCC=C3)cc1)C2=O. The molecule has 2 aliphatic carbocycles. The molecule has 0 fully saturated rings. The van der Waals surface area contributed by atoms with Crippen LogP contribution >= 0.6 is 0 Å². The molecule has 8 heteroatoms. The Morgan fingerprint density at radius 2 is 1.40 bits per heavy atom. The number of carbonyl (C=O) groups excluding carboxylic acids is 4. The van der Waals surface area contributed by atoms with E-state index in [0.29, 0.717) is 27.7 Å². The van der Waals surface area contributed by atoms with Gasteiger partial charge in [0.2, 0.25) is 0 Å². The van der Waals surface area contributed by atoms with E-state index in [2.05, 4.69) is 28.2 Å². The van der Waals surface area contributed by atoms with E-state index in [0.717, 1.165) is 28.7 Å². The zero-order chi connectivity index (χ0) is 32.6. The number of para-hydroxylation sites is 1. The number of rotatable bonds is 5. The van der Waals surface area contributed by atoms with Crippen LogP contribution in [0.1, 0.15) is 90.1 Å². The fourth-order valence-electron chi connectivity index (χ4n) is 6.78. The maximum Gasteiger partial charge on any atom is 0.266 e. The lowest BCUT2D eigenvalue weighted by Gasteiger charge is -2.27. The van der Waals surface area contributed by atoms with Gasteiger partial charge in [0.15, 0.2) is 11.6 Å². The normalized spacial score (nSPS) is 17.1. The molecule has 0 saturated heterocycles. The summed E-state index contributed by atoms with van der Waals surface area (Å²) in [6.45, 7) is 3.92. The van der Waals surface area contributed by atoms with Gasteiger partial charge >= 0.3 is 0 Å². The second-order valence-corrected chi connectivity index (χ2v) is 12.6. The number of Topliss-reactive ketones (excluding diaryl/α,β-unsaturated/α-hetero) is 2. The maximum atomic E-state index is 13.7. The van der Waals surface area contributed by atoms with Crippen molar-refractivity contribution in [3.63, 3.8) is 0 Å². The quantitative estimate of drug-likeness (QED) is 0.176. The van der Waals surface area contributed by atoms with Crippen LogP contribution in [0.5, 0.6) is 0 Å². The van der Waals surface area contributed by atoms with E-state index in [1.165, 1.54) is 4.90 Å². The third-order valence-corrected chi connectivity index (χ3v) is 9.54. The maximum absolute atomic E-state index is 13.7. The predicted molar refractivity (Wildman–Crippen MR) is 178 cm³/mol. The van der Waals surface area contributed by atoms with Gasteiger partial charge in [-0.05, 0) is 71.1 Å². The van der Waals surface area contributed by atoms with Crippen molar-refractivity contribution in [2.24, 2.45) is 0 Å². The van der Waals surface area contributed by atoms with Crippen LogP contribution in [0.4, 0.5) is 5.69 Å².